The number of alkyl carbamates (subject to hydrolysis) is 1. The number of carbonyl (C=O) groups is 1. The van der Waals surface area contributed by atoms with Crippen LogP contribution in [0.4, 0.5) is 4.79 Å². The van der Waals surface area contributed by atoms with Gasteiger partial charge in [0.1, 0.15) is 5.60 Å². The van der Waals surface area contributed by atoms with E-state index < -0.39 is 11.7 Å². The van der Waals surface area contributed by atoms with E-state index in [-0.39, 0.29) is 0 Å². The van der Waals surface area contributed by atoms with Gasteiger partial charge in [-0.05, 0) is 51.8 Å². The molecule has 0 bridgehead atoms. The van der Waals surface area contributed by atoms with Crippen LogP contribution in [0.15, 0.2) is 23.2 Å². The fourth-order valence-corrected chi connectivity index (χ4v) is 2.31. The highest BCUT2D eigenvalue weighted by atomic mass is 16.6. The van der Waals surface area contributed by atoms with Crippen LogP contribution in [0, 0.1) is 0 Å². The van der Waals surface area contributed by atoms with Crippen molar-refractivity contribution < 1.29 is 19.0 Å². The number of nitrogens with one attached hydrogen (secondary N) is 3. The van der Waals surface area contributed by atoms with E-state index in [1.807, 2.05) is 45.9 Å². The van der Waals surface area contributed by atoms with E-state index in [0.717, 1.165) is 17.7 Å². The highest BCUT2D eigenvalue weighted by molar-refractivity contribution is 5.79. The zero-order valence-corrected chi connectivity index (χ0v) is 17.8. The molecule has 0 spiro atoms. The second kappa shape index (κ2) is 11.9. The second-order valence-electron chi connectivity index (χ2n) is 7.05. The first-order chi connectivity index (χ1) is 13.3. The van der Waals surface area contributed by atoms with Crippen molar-refractivity contribution in [2.24, 2.45) is 4.99 Å². The lowest BCUT2D eigenvalue weighted by Crippen LogP contribution is -2.39. The summed E-state index contributed by atoms with van der Waals surface area (Å²) in [6, 6.07) is 5.82. The number of nitrogens with zero attached hydrogens (tertiary/aromatic N) is 1. The van der Waals surface area contributed by atoms with E-state index in [9.17, 15) is 4.79 Å². The number of benzene rings is 1. The molecule has 0 atom stereocenters. The van der Waals surface area contributed by atoms with Crippen molar-refractivity contribution in [3.8, 4) is 11.5 Å². The maximum absolute atomic E-state index is 11.6. The van der Waals surface area contributed by atoms with E-state index in [0.29, 0.717) is 38.0 Å². The zero-order chi connectivity index (χ0) is 21.0. The Morgan fingerprint density at radius 1 is 1.11 bits per heavy atom. The average molecular weight is 395 g/mol. The van der Waals surface area contributed by atoms with Crippen molar-refractivity contribution in [2.75, 3.05) is 33.9 Å². The molecule has 8 nitrogen and oxygen atoms in total. The largest absolute Gasteiger partial charge is 0.493 e. The second-order valence-corrected chi connectivity index (χ2v) is 7.05. The Balaban J connectivity index is 2.36. The number of guanidine groups is 1. The summed E-state index contributed by atoms with van der Waals surface area (Å²) < 4.78 is 16.1. The van der Waals surface area contributed by atoms with Gasteiger partial charge >= 0.3 is 6.09 Å². The minimum atomic E-state index is -0.488. The number of amides is 1. The van der Waals surface area contributed by atoms with Crippen LogP contribution in [0.5, 0.6) is 11.5 Å². The Hall–Kier alpha value is -2.64. The third kappa shape index (κ3) is 9.34. The van der Waals surface area contributed by atoms with Crippen LogP contribution < -0.4 is 25.4 Å². The molecule has 0 unspecified atom stereocenters. The van der Waals surface area contributed by atoms with Gasteiger partial charge in [0.25, 0.3) is 0 Å². The Labute approximate surface area is 168 Å². The molecule has 0 aromatic heterocycles. The lowest BCUT2D eigenvalue weighted by Gasteiger charge is -2.19. The van der Waals surface area contributed by atoms with Gasteiger partial charge in [-0.1, -0.05) is 6.07 Å². The molecule has 0 radical (unpaired) electrons. The van der Waals surface area contributed by atoms with Crippen LogP contribution in [0.2, 0.25) is 0 Å². The normalized spacial score (nSPS) is 11.6. The maximum atomic E-state index is 11.6. The van der Waals surface area contributed by atoms with Gasteiger partial charge in [0.15, 0.2) is 17.5 Å². The summed E-state index contributed by atoms with van der Waals surface area (Å²) in [6.07, 6.45) is 0.344. The number of aliphatic imine (C=N–C) groups is 1. The predicted octanol–water partition coefficient (Wildman–Crippen LogP) is 2.67. The van der Waals surface area contributed by atoms with Crippen molar-refractivity contribution in [2.45, 2.75) is 46.3 Å². The van der Waals surface area contributed by atoms with E-state index >= 15 is 0 Å². The third-order valence-electron chi connectivity index (χ3n) is 3.53. The number of carbonyl (C=O) groups excluding carboxylic acids is 1. The quantitative estimate of drug-likeness (QED) is 0.339. The summed E-state index contributed by atoms with van der Waals surface area (Å²) in [5.74, 6) is 2.12. The molecular formula is C20H34N4O4. The minimum absolute atomic E-state index is 0.403. The SMILES string of the molecule is CCOc1cc(CNC(=NC)NCCCNC(=O)OC(C)(C)C)ccc1OC. The third-order valence-corrected chi connectivity index (χ3v) is 3.53. The van der Waals surface area contributed by atoms with E-state index in [1.54, 1.807) is 14.2 Å². The molecule has 0 saturated heterocycles. The van der Waals surface area contributed by atoms with E-state index in [2.05, 4.69) is 20.9 Å². The summed E-state index contributed by atoms with van der Waals surface area (Å²) in [4.78, 5) is 15.8. The van der Waals surface area contributed by atoms with Gasteiger partial charge in [-0.3, -0.25) is 4.99 Å². The lowest BCUT2D eigenvalue weighted by molar-refractivity contribution is 0.0527. The van der Waals surface area contributed by atoms with Crippen LogP contribution >= 0.6 is 0 Å². The number of rotatable bonds is 9. The fraction of sp³-hybridized carbons (Fsp3) is 0.600. The number of hydrogen-bond acceptors (Lipinski definition) is 5. The Morgan fingerprint density at radius 3 is 2.43 bits per heavy atom. The first kappa shape index (κ1) is 23.4. The minimum Gasteiger partial charge on any atom is -0.493 e. The Kier molecular flexibility index (Phi) is 9.98. The van der Waals surface area contributed by atoms with Crippen LogP contribution in [0.3, 0.4) is 0 Å². The summed E-state index contributed by atoms with van der Waals surface area (Å²) in [6.45, 7) is 9.82. The van der Waals surface area contributed by atoms with Gasteiger partial charge in [-0.15, -0.1) is 0 Å². The van der Waals surface area contributed by atoms with Crippen LogP contribution in [0.1, 0.15) is 39.7 Å². The maximum Gasteiger partial charge on any atom is 0.407 e. The van der Waals surface area contributed by atoms with E-state index in [4.69, 9.17) is 14.2 Å². The molecule has 8 heteroatoms. The standard InChI is InChI=1S/C20H34N4O4/c1-7-27-17-13-15(9-10-16(17)26-6)14-24-18(21-5)22-11-8-12-23-19(25)28-20(2,3)4/h9-10,13H,7-8,11-12,14H2,1-6H3,(H,23,25)(H2,21,22,24). The highest BCUT2D eigenvalue weighted by Gasteiger charge is 2.15. The topological polar surface area (TPSA) is 93.2 Å². The van der Waals surface area contributed by atoms with Gasteiger partial charge < -0.3 is 30.2 Å². The van der Waals surface area contributed by atoms with Gasteiger partial charge in [-0.25, -0.2) is 4.79 Å². The summed E-state index contributed by atoms with van der Waals surface area (Å²) in [5, 5.41) is 9.20. The van der Waals surface area contributed by atoms with Crippen LogP contribution in [0.25, 0.3) is 0 Å². The first-order valence-electron chi connectivity index (χ1n) is 9.50. The molecule has 1 aromatic rings. The molecule has 1 aromatic carbocycles. The van der Waals surface area contributed by atoms with Crippen LogP contribution in [-0.4, -0.2) is 51.5 Å². The average Bonchev–Trinajstić information content (AvgIpc) is 2.63. The Bertz CT molecular complexity index is 642. The molecule has 1 amide bonds. The molecule has 0 heterocycles. The summed E-state index contributed by atoms with van der Waals surface area (Å²) >= 11 is 0. The van der Waals surface area contributed by atoms with Crippen molar-refractivity contribution in [1.82, 2.24) is 16.0 Å². The summed E-state index contributed by atoms with van der Waals surface area (Å²) in [5.41, 5.74) is 0.566. The van der Waals surface area contributed by atoms with Gasteiger partial charge in [0, 0.05) is 26.7 Å². The molecule has 0 aliphatic heterocycles. The van der Waals surface area contributed by atoms with Crippen molar-refractivity contribution in [3.05, 3.63) is 23.8 Å². The Morgan fingerprint density at radius 2 is 1.82 bits per heavy atom. The highest BCUT2D eigenvalue weighted by Crippen LogP contribution is 2.27. The van der Waals surface area contributed by atoms with Gasteiger partial charge in [-0.2, -0.15) is 0 Å². The van der Waals surface area contributed by atoms with Gasteiger partial charge in [0.2, 0.25) is 0 Å². The van der Waals surface area contributed by atoms with Crippen molar-refractivity contribution in [3.63, 3.8) is 0 Å². The van der Waals surface area contributed by atoms with Crippen LogP contribution in [-0.2, 0) is 11.3 Å². The molecular weight excluding hydrogens is 360 g/mol. The molecule has 0 saturated carbocycles. The smallest absolute Gasteiger partial charge is 0.407 e. The zero-order valence-electron chi connectivity index (χ0n) is 17.8. The predicted molar refractivity (Wildman–Crippen MR) is 111 cm³/mol. The van der Waals surface area contributed by atoms with Crippen molar-refractivity contribution >= 4 is 12.1 Å². The van der Waals surface area contributed by atoms with Gasteiger partial charge in [0.05, 0.1) is 13.7 Å². The van der Waals surface area contributed by atoms with E-state index in [1.165, 1.54) is 0 Å². The number of methoxy groups -OCH3 is 1. The molecule has 0 aliphatic rings. The first-order valence-corrected chi connectivity index (χ1v) is 9.50. The number of hydrogen-bond donors (Lipinski definition) is 3. The number of ether oxygens (including phenoxy) is 3. The lowest BCUT2D eigenvalue weighted by atomic mass is 10.2. The molecule has 158 valence electrons. The summed E-state index contributed by atoms with van der Waals surface area (Å²) in [7, 11) is 3.34. The molecule has 0 aliphatic carbocycles. The molecule has 3 N–H and O–H groups in total. The molecule has 28 heavy (non-hydrogen) atoms. The molecule has 1 rings (SSSR count). The molecule has 0 fully saturated rings. The monoisotopic (exact) mass is 394 g/mol. The fourth-order valence-electron chi connectivity index (χ4n) is 2.31. The van der Waals surface area contributed by atoms with Crippen molar-refractivity contribution in [1.29, 1.82) is 0 Å².